The molecule has 0 aliphatic carbocycles. The van der Waals surface area contributed by atoms with Gasteiger partial charge in [-0.3, -0.25) is 9.88 Å². The largest absolute Gasteiger partial charge is 0.508 e. The van der Waals surface area contributed by atoms with Crippen LogP contribution in [0.1, 0.15) is 11.8 Å². The maximum absolute atomic E-state index is 10.5. The highest BCUT2D eigenvalue weighted by Crippen LogP contribution is 2.29. The first-order chi connectivity index (χ1) is 10.7. The summed E-state index contributed by atoms with van der Waals surface area (Å²) in [5.74, 6) is 0.447. The van der Waals surface area contributed by atoms with Crippen LogP contribution in [0.25, 0.3) is 4.85 Å². The Morgan fingerprint density at radius 3 is 2.91 bits per heavy atom. The molecule has 2 fully saturated rings. The lowest BCUT2D eigenvalue weighted by molar-refractivity contribution is -0.0796. The van der Waals surface area contributed by atoms with Crippen molar-refractivity contribution in [3.8, 4) is 5.75 Å². The zero-order chi connectivity index (χ0) is 15.5. The number of aliphatic hydroxyl groups is 1. The van der Waals surface area contributed by atoms with Gasteiger partial charge in [-0.25, -0.2) is 4.85 Å². The molecule has 3 atom stereocenters. The van der Waals surface area contributed by atoms with Crippen molar-refractivity contribution in [1.29, 1.82) is 0 Å². The van der Waals surface area contributed by atoms with E-state index >= 15 is 0 Å². The summed E-state index contributed by atoms with van der Waals surface area (Å²) in [7, 11) is 1.51. The summed E-state index contributed by atoms with van der Waals surface area (Å²) < 4.78 is 10.8. The maximum atomic E-state index is 10.5. The van der Waals surface area contributed by atoms with Crippen molar-refractivity contribution in [2.24, 2.45) is 0 Å². The van der Waals surface area contributed by atoms with Gasteiger partial charge in [0.2, 0.25) is 5.69 Å². The van der Waals surface area contributed by atoms with E-state index in [0.29, 0.717) is 36.9 Å². The predicted octanol–water partition coefficient (Wildman–Crippen LogP) is 0.347. The predicted molar refractivity (Wildman–Crippen MR) is 80.0 cm³/mol. The maximum Gasteiger partial charge on any atom is 0.245 e. The monoisotopic (exact) mass is 304 g/mol. The van der Waals surface area contributed by atoms with Crippen molar-refractivity contribution in [3.63, 3.8) is 0 Å². The third-order valence-corrected chi connectivity index (χ3v) is 4.25. The lowest BCUT2D eigenvalue weighted by atomic mass is 10.0. The number of aliphatic hydroxyl groups excluding tert-OH is 1. The lowest BCUT2D eigenvalue weighted by Gasteiger charge is -2.46. The molecule has 1 aromatic rings. The number of methoxy groups -OCH3 is 1. The van der Waals surface area contributed by atoms with Crippen LogP contribution < -0.4 is 10.1 Å². The molecular formula is C15H20N4O3. The third kappa shape index (κ3) is 2.91. The highest BCUT2D eigenvalue weighted by Gasteiger charge is 2.35. The molecule has 2 bridgehead atoms. The molecule has 0 amide bonds. The van der Waals surface area contributed by atoms with E-state index in [0.717, 1.165) is 13.1 Å². The van der Waals surface area contributed by atoms with Crippen LogP contribution in [-0.2, 0) is 4.74 Å². The van der Waals surface area contributed by atoms with E-state index in [-0.39, 0.29) is 12.1 Å². The van der Waals surface area contributed by atoms with Gasteiger partial charge in [-0.2, -0.15) is 0 Å². The average Bonchev–Trinajstić information content (AvgIpc) is 2.54. The minimum atomic E-state index is -0.713. The molecule has 22 heavy (non-hydrogen) atoms. The van der Waals surface area contributed by atoms with Gasteiger partial charge in [-0.05, 0) is 6.07 Å². The number of ether oxygens (including phenoxy) is 2. The van der Waals surface area contributed by atoms with E-state index in [4.69, 9.17) is 16.0 Å². The summed E-state index contributed by atoms with van der Waals surface area (Å²) in [5.41, 5.74) is 0.882. The molecule has 2 N–H and O–H groups in total. The molecule has 2 saturated heterocycles. The van der Waals surface area contributed by atoms with Crippen LogP contribution >= 0.6 is 0 Å². The van der Waals surface area contributed by atoms with Crippen LogP contribution in [-0.4, -0.2) is 67.0 Å². The zero-order valence-corrected chi connectivity index (χ0v) is 12.5. The fraction of sp³-hybridized carbons (Fsp3) is 0.600. The van der Waals surface area contributed by atoms with Crippen LogP contribution in [0.5, 0.6) is 5.75 Å². The summed E-state index contributed by atoms with van der Waals surface area (Å²) in [6, 6.07) is 2.21. The Morgan fingerprint density at radius 2 is 2.27 bits per heavy atom. The normalized spacial score (nSPS) is 26.2. The first-order valence-corrected chi connectivity index (χ1v) is 7.36. The fourth-order valence-electron chi connectivity index (χ4n) is 3.06. The van der Waals surface area contributed by atoms with E-state index in [9.17, 15) is 5.11 Å². The number of morpholine rings is 1. The number of fused-ring (bicyclic) bond motifs is 2. The number of rotatable bonds is 4. The Hall–Kier alpha value is -1.72. The van der Waals surface area contributed by atoms with Gasteiger partial charge in [0.15, 0.2) is 0 Å². The first kappa shape index (κ1) is 15.2. The second kappa shape index (κ2) is 6.58. The molecular weight excluding hydrogens is 284 g/mol. The Bertz CT molecular complexity index is 552. The third-order valence-electron chi connectivity index (χ3n) is 4.25. The fourth-order valence-corrected chi connectivity index (χ4v) is 3.06. The zero-order valence-electron chi connectivity index (χ0n) is 12.5. The second-order valence-corrected chi connectivity index (χ2v) is 5.61. The van der Waals surface area contributed by atoms with Gasteiger partial charge in [-0.15, -0.1) is 0 Å². The van der Waals surface area contributed by atoms with Gasteiger partial charge in [0, 0.05) is 37.9 Å². The highest BCUT2D eigenvalue weighted by atomic mass is 16.5. The number of pyridine rings is 1. The highest BCUT2D eigenvalue weighted by molar-refractivity contribution is 5.56. The lowest BCUT2D eigenvalue weighted by Crippen LogP contribution is -2.64. The molecule has 2 aliphatic rings. The number of aromatic nitrogens is 1. The van der Waals surface area contributed by atoms with Gasteiger partial charge in [0.05, 0.1) is 32.6 Å². The molecule has 118 valence electrons. The number of piperazine rings is 1. The summed E-state index contributed by atoms with van der Waals surface area (Å²) in [6.07, 6.45) is 0.737. The van der Waals surface area contributed by atoms with Crippen LogP contribution in [0.2, 0.25) is 0 Å². The molecule has 1 aromatic heterocycles. The molecule has 0 spiro atoms. The molecule has 7 nitrogen and oxygen atoms in total. The van der Waals surface area contributed by atoms with Crippen molar-refractivity contribution in [2.45, 2.75) is 18.2 Å². The van der Waals surface area contributed by atoms with Gasteiger partial charge in [-0.1, -0.05) is 0 Å². The minimum Gasteiger partial charge on any atom is -0.508 e. The molecule has 0 saturated carbocycles. The Morgan fingerprint density at radius 1 is 1.55 bits per heavy atom. The van der Waals surface area contributed by atoms with Crippen LogP contribution in [0, 0.1) is 6.57 Å². The summed E-state index contributed by atoms with van der Waals surface area (Å²) >= 11 is 0. The van der Waals surface area contributed by atoms with E-state index in [1.165, 1.54) is 13.3 Å². The number of hydrogen-bond acceptors (Lipinski definition) is 6. The van der Waals surface area contributed by atoms with Crippen LogP contribution in [0.15, 0.2) is 12.3 Å². The van der Waals surface area contributed by atoms with Gasteiger partial charge in [0.1, 0.15) is 11.9 Å². The minimum absolute atomic E-state index is 0.284. The Balaban J connectivity index is 1.74. The quantitative estimate of drug-likeness (QED) is 0.782. The molecule has 3 unspecified atom stereocenters. The van der Waals surface area contributed by atoms with Gasteiger partial charge >= 0.3 is 0 Å². The summed E-state index contributed by atoms with van der Waals surface area (Å²) in [4.78, 5) is 9.84. The number of nitrogens with zero attached hydrogens (tertiary/aromatic N) is 3. The van der Waals surface area contributed by atoms with E-state index in [1.54, 1.807) is 6.07 Å². The molecule has 3 heterocycles. The van der Waals surface area contributed by atoms with E-state index in [2.05, 4.69) is 20.0 Å². The Kier molecular flexibility index (Phi) is 4.55. The molecule has 0 radical (unpaired) electrons. The number of nitrogens with one attached hydrogen (secondary N) is 1. The van der Waals surface area contributed by atoms with Crippen LogP contribution in [0.3, 0.4) is 0 Å². The SMILES string of the molecule is [C-]#[N+]c1cnc(C(O)CN2C3CNCC2COC3)cc1OC. The smallest absolute Gasteiger partial charge is 0.245 e. The second-order valence-electron chi connectivity index (χ2n) is 5.61. The van der Waals surface area contributed by atoms with Crippen molar-refractivity contribution in [2.75, 3.05) is 40.0 Å². The first-order valence-electron chi connectivity index (χ1n) is 7.36. The van der Waals surface area contributed by atoms with E-state index in [1.807, 2.05) is 0 Å². The average molecular weight is 304 g/mol. The molecule has 0 aromatic carbocycles. The Labute approximate surface area is 129 Å². The van der Waals surface area contributed by atoms with Gasteiger partial charge in [0.25, 0.3) is 0 Å². The van der Waals surface area contributed by atoms with Crippen LogP contribution in [0.4, 0.5) is 5.69 Å². The molecule has 3 rings (SSSR count). The molecule has 2 aliphatic heterocycles. The topological polar surface area (TPSA) is 71.2 Å². The standard InChI is InChI=1S/C15H20N4O3/c1-16-13-6-18-12(3-15(13)21-2)14(20)7-19-10-4-17-5-11(19)9-22-8-10/h3,6,10-11,14,17,20H,4-5,7-9H2,2H3. The van der Waals surface area contributed by atoms with Crippen molar-refractivity contribution in [3.05, 3.63) is 29.4 Å². The van der Waals surface area contributed by atoms with Crippen molar-refractivity contribution in [1.82, 2.24) is 15.2 Å². The van der Waals surface area contributed by atoms with E-state index < -0.39 is 6.10 Å². The molecule has 7 heteroatoms. The van der Waals surface area contributed by atoms with Crippen molar-refractivity contribution < 1.29 is 14.6 Å². The van der Waals surface area contributed by atoms with Gasteiger partial charge < -0.3 is 19.9 Å². The number of hydrogen-bond donors (Lipinski definition) is 2. The summed E-state index contributed by atoms with van der Waals surface area (Å²) in [5, 5.41) is 13.9. The van der Waals surface area contributed by atoms with Crippen molar-refractivity contribution >= 4 is 5.69 Å². The summed E-state index contributed by atoms with van der Waals surface area (Å²) in [6.45, 7) is 10.7.